The van der Waals surface area contributed by atoms with Crippen molar-refractivity contribution in [2.75, 3.05) is 6.61 Å². The van der Waals surface area contributed by atoms with Crippen LogP contribution < -0.4 is 4.74 Å². The van der Waals surface area contributed by atoms with E-state index in [1.807, 2.05) is 36.7 Å². The molecule has 0 radical (unpaired) electrons. The molecule has 0 aliphatic heterocycles. The fraction of sp³-hybridized carbons (Fsp3) is 0.667. The number of halogens is 1. The molecule has 0 saturated carbocycles. The van der Waals surface area contributed by atoms with Gasteiger partial charge in [0.2, 0.25) is 0 Å². The molecule has 4 heteroatoms. The molecule has 0 amide bonds. The van der Waals surface area contributed by atoms with Crippen LogP contribution in [0.2, 0.25) is 0 Å². The number of hydrogen-bond acceptors (Lipinski definition) is 3. The van der Waals surface area contributed by atoms with Crippen molar-refractivity contribution in [1.82, 2.24) is 9.97 Å². The molecule has 1 aromatic carbocycles. The van der Waals surface area contributed by atoms with E-state index in [2.05, 4.69) is 23.8 Å². The fourth-order valence-corrected chi connectivity index (χ4v) is 4.21. The van der Waals surface area contributed by atoms with Gasteiger partial charge in [0, 0.05) is 24.4 Å². The molecule has 3 nitrogen and oxygen atoms in total. The summed E-state index contributed by atoms with van der Waals surface area (Å²) in [5, 5.41) is 0. The zero-order chi connectivity index (χ0) is 24.3. The fourth-order valence-electron chi connectivity index (χ4n) is 4.21. The molecular weight excluding hydrogens is 423 g/mol. The van der Waals surface area contributed by atoms with Gasteiger partial charge in [0.25, 0.3) is 0 Å². The maximum atomic E-state index is 14.1. The first-order valence-electron chi connectivity index (χ1n) is 13.9. The highest BCUT2D eigenvalue weighted by Gasteiger charge is 2.07. The van der Waals surface area contributed by atoms with Crippen LogP contribution in [0, 0.1) is 0 Å². The lowest BCUT2D eigenvalue weighted by Gasteiger charge is -2.10. The van der Waals surface area contributed by atoms with Crippen LogP contribution in [-0.4, -0.2) is 22.7 Å². The van der Waals surface area contributed by atoms with Gasteiger partial charge in [-0.05, 0) is 49.1 Å². The Labute approximate surface area is 208 Å². The van der Waals surface area contributed by atoms with Crippen LogP contribution in [0.4, 0.5) is 4.39 Å². The SMILES string of the molecule is CCCCCCCCCc1cnc(-c2ccc(OCCC(F)CCCCCCCC)cc2)nc1. The smallest absolute Gasteiger partial charge is 0.159 e. The number of nitrogens with zero attached hydrogens (tertiary/aromatic N) is 2. The number of alkyl halides is 1. The first kappa shape index (κ1) is 28.3. The number of aromatic nitrogens is 2. The first-order chi connectivity index (χ1) is 16.7. The Morgan fingerprint density at radius 1 is 0.706 bits per heavy atom. The maximum absolute atomic E-state index is 14.1. The molecule has 190 valence electrons. The topological polar surface area (TPSA) is 35.0 Å². The van der Waals surface area contributed by atoms with Crippen molar-refractivity contribution < 1.29 is 9.13 Å². The minimum atomic E-state index is -0.765. The molecule has 1 aromatic heterocycles. The van der Waals surface area contributed by atoms with Crippen molar-refractivity contribution in [1.29, 1.82) is 0 Å². The quantitative estimate of drug-likeness (QED) is 0.181. The summed E-state index contributed by atoms with van der Waals surface area (Å²) in [4.78, 5) is 9.11. The van der Waals surface area contributed by atoms with Crippen molar-refractivity contribution in [3.8, 4) is 17.1 Å². The molecule has 2 rings (SSSR count). The lowest BCUT2D eigenvalue weighted by Crippen LogP contribution is -2.07. The van der Waals surface area contributed by atoms with E-state index in [4.69, 9.17) is 4.74 Å². The number of unbranched alkanes of at least 4 members (excludes halogenated alkanes) is 11. The highest BCUT2D eigenvalue weighted by atomic mass is 19.1. The second-order valence-corrected chi connectivity index (χ2v) is 9.60. The molecule has 0 N–H and O–H groups in total. The third-order valence-electron chi connectivity index (χ3n) is 6.46. The second-order valence-electron chi connectivity index (χ2n) is 9.60. The first-order valence-corrected chi connectivity index (χ1v) is 13.9. The van der Waals surface area contributed by atoms with Crippen LogP contribution in [0.5, 0.6) is 5.75 Å². The van der Waals surface area contributed by atoms with E-state index in [0.717, 1.165) is 36.4 Å². The average molecular weight is 471 g/mol. The number of benzene rings is 1. The van der Waals surface area contributed by atoms with Crippen molar-refractivity contribution in [2.24, 2.45) is 0 Å². The molecule has 0 aliphatic rings. The van der Waals surface area contributed by atoms with Gasteiger partial charge >= 0.3 is 0 Å². The third kappa shape index (κ3) is 12.5. The second kappa shape index (κ2) is 18.4. The largest absolute Gasteiger partial charge is 0.493 e. The zero-order valence-electron chi connectivity index (χ0n) is 21.7. The van der Waals surface area contributed by atoms with Crippen LogP contribution in [0.15, 0.2) is 36.7 Å². The lowest BCUT2D eigenvalue weighted by molar-refractivity contribution is 0.222. The Balaban J connectivity index is 1.62. The molecule has 2 aromatic rings. The van der Waals surface area contributed by atoms with E-state index in [1.54, 1.807) is 0 Å². The third-order valence-corrected chi connectivity index (χ3v) is 6.46. The van der Waals surface area contributed by atoms with Gasteiger partial charge in [0.05, 0.1) is 6.61 Å². The van der Waals surface area contributed by atoms with E-state index in [1.165, 1.54) is 76.2 Å². The van der Waals surface area contributed by atoms with Crippen molar-refractivity contribution >= 4 is 0 Å². The molecule has 34 heavy (non-hydrogen) atoms. The highest BCUT2D eigenvalue weighted by molar-refractivity contribution is 5.55. The molecule has 1 atom stereocenters. The van der Waals surface area contributed by atoms with Crippen LogP contribution in [0.3, 0.4) is 0 Å². The normalized spacial score (nSPS) is 12.1. The van der Waals surface area contributed by atoms with Gasteiger partial charge in [-0.1, -0.05) is 90.9 Å². The van der Waals surface area contributed by atoms with Gasteiger partial charge in [0.1, 0.15) is 11.9 Å². The molecule has 0 saturated heterocycles. The average Bonchev–Trinajstić information content (AvgIpc) is 2.86. The van der Waals surface area contributed by atoms with Gasteiger partial charge in [0.15, 0.2) is 5.82 Å². The Morgan fingerprint density at radius 2 is 1.26 bits per heavy atom. The van der Waals surface area contributed by atoms with E-state index in [9.17, 15) is 4.39 Å². The number of hydrogen-bond donors (Lipinski definition) is 0. The Hall–Kier alpha value is -1.97. The van der Waals surface area contributed by atoms with Crippen LogP contribution >= 0.6 is 0 Å². The molecule has 0 bridgehead atoms. The Bertz CT molecular complexity index is 732. The number of rotatable bonds is 20. The predicted octanol–water partition coefficient (Wildman–Crippen LogP) is 9.29. The van der Waals surface area contributed by atoms with E-state index in [0.29, 0.717) is 19.4 Å². The molecule has 1 heterocycles. The summed E-state index contributed by atoms with van der Waals surface area (Å²) in [7, 11) is 0. The van der Waals surface area contributed by atoms with E-state index in [-0.39, 0.29) is 0 Å². The molecule has 0 aliphatic carbocycles. The minimum absolute atomic E-state index is 0.417. The Morgan fingerprint density at radius 3 is 1.88 bits per heavy atom. The summed E-state index contributed by atoms with van der Waals surface area (Å²) >= 11 is 0. The summed E-state index contributed by atoms with van der Waals surface area (Å²) in [6.07, 6.45) is 21.7. The van der Waals surface area contributed by atoms with Gasteiger partial charge < -0.3 is 4.74 Å². The lowest BCUT2D eigenvalue weighted by atomic mass is 10.1. The van der Waals surface area contributed by atoms with E-state index >= 15 is 0 Å². The summed E-state index contributed by atoms with van der Waals surface area (Å²) in [6.45, 7) is 4.89. The standard InChI is InChI=1S/C30H47FN2O/c1-3-5-7-9-11-12-14-16-26-24-32-30(33-25-26)27-18-20-29(21-19-27)34-23-22-28(31)17-15-13-10-8-6-4-2/h18-21,24-25,28H,3-17,22-23H2,1-2H3. The molecule has 1 unspecified atom stereocenters. The van der Waals surface area contributed by atoms with Gasteiger partial charge in [-0.3, -0.25) is 0 Å². The van der Waals surface area contributed by atoms with Crippen LogP contribution in [0.25, 0.3) is 11.4 Å². The number of ether oxygens (including phenoxy) is 1. The minimum Gasteiger partial charge on any atom is -0.493 e. The Kier molecular flexibility index (Phi) is 15.3. The molecule has 0 spiro atoms. The van der Waals surface area contributed by atoms with Gasteiger partial charge in [-0.15, -0.1) is 0 Å². The van der Waals surface area contributed by atoms with Gasteiger partial charge in [-0.2, -0.15) is 0 Å². The summed E-state index contributed by atoms with van der Waals surface area (Å²) < 4.78 is 19.8. The van der Waals surface area contributed by atoms with Crippen LogP contribution in [0.1, 0.15) is 116 Å². The van der Waals surface area contributed by atoms with Crippen molar-refractivity contribution in [2.45, 2.75) is 123 Å². The summed E-state index contributed by atoms with van der Waals surface area (Å²) in [5.41, 5.74) is 2.18. The maximum Gasteiger partial charge on any atom is 0.159 e. The van der Waals surface area contributed by atoms with E-state index < -0.39 is 6.17 Å². The summed E-state index contributed by atoms with van der Waals surface area (Å²) in [5.74, 6) is 1.50. The predicted molar refractivity (Wildman–Crippen MR) is 142 cm³/mol. The molecular formula is C30H47FN2O. The molecule has 0 fully saturated rings. The highest BCUT2D eigenvalue weighted by Crippen LogP contribution is 2.20. The van der Waals surface area contributed by atoms with Gasteiger partial charge in [-0.25, -0.2) is 14.4 Å². The van der Waals surface area contributed by atoms with Crippen LogP contribution in [-0.2, 0) is 6.42 Å². The summed E-state index contributed by atoms with van der Waals surface area (Å²) in [6, 6.07) is 7.80. The monoisotopic (exact) mass is 470 g/mol. The van der Waals surface area contributed by atoms with Crippen molar-refractivity contribution in [3.05, 3.63) is 42.2 Å². The number of aryl methyl sites for hydroxylation is 1. The zero-order valence-corrected chi connectivity index (χ0v) is 21.7. The van der Waals surface area contributed by atoms with Crippen molar-refractivity contribution in [3.63, 3.8) is 0 Å².